The van der Waals surface area contributed by atoms with Crippen LogP contribution in [0.25, 0.3) is 0 Å². The topological polar surface area (TPSA) is 87.5 Å². The number of hydrogen-bond donors (Lipinski definition) is 3. The summed E-state index contributed by atoms with van der Waals surface area (Å²) < 4.78 is 0. The summed E-state index contributed by atoms with van der Waals surface area (Å²) in [5.41, 5.74) is 6.67. The van der Waals surface area contributed by atoms with Gasteiger partial charge in [0, 0.05) is 31.1 Å². The van der Waals surface area contributed by atoms with Crippen molar-refractivity contribution >= 4 is 34.9 Å². The smallest absolute Gasteiger partial charge is 0.317 e. The molecule has 7 heteroatoms. The molecule has 1 saturated heterocycles. The summed E-state index contributed by atoms with van der Waals surface area (Å²) in [6.45, 7) is 1.64. The lowest BCUT2D eigenvalue weighted by Crippen LogP contribution is -2.31. The Balaban J connectivity index is 1.87. The number of nitrogens with one attached hydrogen (secondary N) is 2. The van der Waals surface area contributed by atoms with E-state index >= 15 is 0 Å². The molecule has 3 amide bonds. The third-order valence-electron chi connectivity index (χ3n) is 2.84. The number of nitrogen functional groups attached to an aromatic ring is 1. The Morgan fingerprint density at radius 3 is 3.00 bits per heavy atom. The van der Waals surface area contributed by atoms with Gasteiger partial charge in [-0.15, -0.1) is 0 Å². The molecule has 4 N–H and O–H groups in total. The van der Waals surface area contributed by atoms with Gasteiger partial charge < -0.3 is 21.3 Å². The van der Waals surface area contributed by atoms with Crippen molar-refractivity contribution in [2.75, 3.05) is 30.7 Å². The molecule has 2 rings (SSSR count). The summed E-state index contributed by atoms with van der Waals surface area (Å²) in [5, 5.41) is 5.86. The largest absolute Gasteiger partial charge is 0.397 e. The molecule has 0 atom stereocenters. The predicted molar refractivity (Wildman–Crippen MR) is 74.1 cm³/mol. The Labute approximate surface area is 115 Å². The number of anilines is 2. The minimum Gasteiger partial charge on any atom is -0.397 e. The highest BCUT2D eigenvalue weighted by molar-refractivity contribution is 6.31. The molecule has 1 fully saturated rings. The van der Waals surface area contributed by atoms with Crippen LogP contribution in [0.15, 0.2) is 18.2 Å². The van der Waals surface area contributed by atoms with Gasteiger partial charge in [-0.2, -0.15) is 0 Å². The van der Waals surface area contributed by atoms with Gasteiger partial charge in [0.05, 0.1) is 11.4 Å². The lowest BCUT2D eigenvalue weighted by molar-refractivity contribution is -0.116. The Morgan fingerprint density at radius 1 is 1.53 bits per heavy atom. The summed E-state index contributed by atoms with van der Waals surface area (Å²) in [7, 11) is 0. The molecule has 0 spiro atoms. The molecule has 0 saturated carbocycles. The first-order valence-electron chi connectivity index (χ1n) is 5.94. The molecule has 0 aliphatic carbocycles. The van der Waals surface area contributed by atoms with Crippen LogP contribution in [0.2, 0.25) is 5.02 Å². The van der Waals surface area contributed by atoms with Crippen molar-refractivity contribution in [3.8, 4) is 0 Å². The molecule has 1 aliphatic heterocycles. The number of carbonyl (C=O) groups is 2. The Hall–Kier alpha value is -1.95. The van der Waals surface area contributed by atoms with E-state index in [0.717, 1.165) is 0 Å². The van der Waals surface area contributed by atoms with Gasteiger partial charge in [-0.1, -0.05) is 11.6 Å². The molecular formula is C12H15ClN4O2. The highest BCUT2D eigenvalue weighted by Gasteiger charge is 2.19. The lowest BCUT2D eigenvalue weighted by atomic mass is 10.2. The van der Waals surface area contributed by atoms with Gasteiger partial charge in [0.2, 0.25) is 5.91 Å². The molecule has 0 unspecified atom stereocenters. The van der Waals surface area contributed by atoms with Crippen molar-refractivity contribution in [2.45, 2.75) is 6.42 Å². The third-order valence-corrected chi connectivity index (χ3v) is 3.08. The van der Waals surface area contributed by atoms with Crippen LogP contribution in [0.3, 0.4) is 0 Å². The fourth-order valence-corrected chi connectivity index (χ4v) is 1.98. The number of nitrogens with two attached hydrogens (primary N) is 1. The summed E-state index contributed by atoms with van der Waals surface area (Å²) in [4.78, 5) is 24.7. The molecule has 1 aliphatic rings. The van der Waals surface area contributed by atoms with E-state index in [1.165, 1.54) is 0 Å². The van der Waals surface area contributed by atoms with E-state index in [4.69, 9.17) is 17.3 Å². The maximum Gasteiger partial charge on any atom is 0.317 e. The first-order valence-corrected chi connectivity index (χ1v) is 6.32. The van der Waals surface area contributed by atoms with E-state index in [9.17, 15) is 9.59 Å². The minimum absolute atomic E-state index is 0.130. The van der Waals surface area contributed by atoms with Crippen molar-refractivity contribution in [3.05, 3.63) is 23.2 Å². The van der Waals surface area contributed by atoms with Gasteiger partial charge in [0.1, 0.15) is 0 Å². The molecule has 1 aromatic rings. The van der Waals surface area contributed by atoms with Crippen LogP contribution in [0.1, 0.15) is 6.42 Å². The van der Waals surface area contributed by atoms with Crippen molar-refractivity contribution in [2.24, 2.45) is 0 Å². The second-order valence-corrected chi connectivity index (χ2v) is 4.69. The number of benzene rings is 1. The SMILES string of the molecule is Nc1ccc(Cl)cc1NC(=O)CCN1CCNC1=O. The van der Waals surface area contributed by atoms with E-state index in [1.807, 2.05) is 0 Å². The van der Waals surface area contributed by atoms with E-state index in [1.54, 1.807) is 23.1 Å². The van der Waals surface area contributed by atoms with Gasteiger partial charge in [-0.25, -0.2) is 4.79 Å². The number of carbonyl (C=O) groups excluding carboxylic acids is 2. The van der Waals surface area contributed by atoms with E-state index < -0.39 is 0 Å². The Kier molecular flexibility index (Phi) is 4.11. The monoisotopic (exact) mass is 282 g/mol. The highest BCUT2D eigenvalue weighted by Crippen LogP contribution is 2.22. The lowest BCUT2D eigenvalue weighted by Gasteiger charge is -2.14. The van der Waals surface area contributed by atoms with Gasteiger partial charge in [0.25, 0.3) is 0 Å². The predicted octanol–water partition coefficient (Wildman–Crippen LogP) is 1.28. The minimum atomic E-state index is -0.200. The average Bonchev–Trinajstić information content (AvgIpc) is 2.77. The summed E-state index contributed by atoms with van der Waals surface area (Å²) in [5.74, 6) is -0.200. The first kappa shape index (κ1) is 13.5. The number of hydrogen-bond acceptors (Lipinski definition) is 3. The van der Waals surface area contributed by atoms with Crippen LogP contribution in [-0.4, -0.2) is 36.5 Å². The highest BCUT2D eigenvalue weighted by atomic mass is 35.5. The number of amides is 3. The second-order valence-electron chi connectivity index (χ2n) is 4.25. The fraction of sp³-hybridized carbons (Fsp3) is 0.333. The molecule has 0 aromatic heterocycles. The van der Waals surface area contributed by atoms with Crippen molar-refractivity contribution < 1.29 is 9.59 Å². The number of halogens is 1. The standard InChI is InChI=1S/C12H15ClN4O2/c13-8-1-2-9(14)10(7-8)16-11(18)3-5-17-6-4-15-12(17)19/h1-2,7H,3-6,14H2,(H,15,19)(H,16,18). The van der Waals surface area contributed by atoms with Gasteiger partial charge in [-0.05, 0) is 18.2 Å². The fourth-order valence-electron chi connectivity index (χ4n) is 1.81. The van der Waals surface area contributed by atoms with Crippen LogP contribution in [0, 0.1) is 0 Å². The van der Waals surface area contributed by atoms with E-state index in [0.29, 0.717) is 36.0 Å². The van der Waals surface area contributed by atoms with E-state index in [2.05, 4.69) is 10.6 Å². The van der Waals surface area contributed by atoms with Crippen molar-refractivity contribution in [3.63, 3.8) is 0 Å². The zero-order chi connectivity index (χ0) is 13.8. The summed E-state index contributed by atoms with van der Waals surface area (Å²) in [6.07, 6.45) is 0.222. The van der Waals surface area contributed by atoms with E-state index in [-0.39, 0.29) is 18.4 Å². The molecule has 6 nitrogen and oxygen atoms in total. The number of urea groups is 1. The molecular weight excluding hydrogens is 268 g/mol. The first-order chi connectivity index (χ1) is 9.06. The normalized spacial score (nSPS) is 14.4. The third kappa shape index (κ3) is 3.51. The molecule has 0 bridgehead atoms. The Bertz CT molecular complexity index is 507. The summed E-state index contributed by atoms with van der Waals surface area (Å²) in [6, 6.07) is 4.75. The summed E-state index contributed by atoms with van der Waals surface area (Å²) >= 11 is 5.83. The number of rotatable bonds is 4. The molecule has 19 heavy (non-hydrogen) atoms. The second kappa shape index (κ2) is 5.79. The number of nitrogens with zero attached hydrogens (tertiary/aromatic N) is 1. The maximum atomic E-state index is 11.8. The zero-order valence-corrected chi connectivity index (χ0v) is 11.0. The van der Waals surface area contributed by atoms with Gasteiger partial charge >= 0.3 is 6.03 Å². The van der Waals surface area contributed by atoms with Gasteiger partial charge in [-0.3, -0.25) is 4.79 Å². The van der Waals surface area contributed by atoms with Crippen molar-refractivity contribution in [1.29, 1.82) is 0 Å². The van der Waals surface area contributed by atoms with Crippen molar-refractivity contribution in [1.82, 2.24) is 10.2 Å². The maximum absolute atomic E-state index is 11.8. The van der Waals surface area contributed by atoms with Crippen LogP contribution in [0.4, 0.5) is 16.2 Å². The van der Waals surface area contributed by atoms with Crippen LogP contribution in [-0.2, 0) is 4.79 Å². The molecule has 102 valence electrons. The molecule has 0 radical (unpaired) electrons. The Morgan fingerprint density at radius 2 is 2.32 bits per heavy atom. The van der Waals surface area contributed by atoms with Crippen LogP contribution < -0.4 is 16.4 Å². The van der Waals surface area contributed by atoms with Crippen LogP contribution >= 0.6 is 11.6 Å². The quantitative estimate of drug-likeness (QED) is 0.727. The molecule has 1 heterocycles. The molecule has 1 aromatic carbocycles. The average molecular weight is 283 g/mol. The van der Waals surface area contributed by atoms with Gasteiger partial charge in [0.15, 0.2) is 0 Å². The zero-order valence-electron chi connectivity index (χ0n) is 10.3. The van der Waals surface area contributed by atoms with Crippen LogP contribution in [0.5, 0.6) is 0 Å².